The molecule has 0 aliphatic heterocycles. The maximum absolute atomic E-state index is 3.75. The molecule has 8 aromatic rings. The molecule has 0 unspecified atom stereocenters. The van der Waals surface area contributed by atoms with Crippen molar-refractivity contribution in [3.63, 3.8) is 0 Å². The summed E-state index contributed by atoms with van der Waals surface area (Å²) in [6.07, 6.45) is 0. The van der Waals surface area contributed by atoms with Crippen molar-refractivity contribution in [2.75, 3.05) is 0 Å². The SMILES string of the molecule is c1cc(-c2cccc3c2[nH]c2cc4ccccc4cc23)cc(-c2cccc3sc4ccccc4c23)c1. The van der Waals surface area contributed by atoms with E-state index in [1.165, 1.54) is 75.0 Å². The second kappa shape index (κ2) is 7.55. The Bertz CT molecular complexity index is 2110. The van der Waals surface area contributed by atoms with E-state index in [9.17, 15) is 0 Å². The highest BCUT2D eigenvalue weighted by Crippen LogP contribution is 2.41. The van der Waals surface area contributed by atoms with E-state index in [4.69, 9.17) is 0 Å². The third kappa shape index (κ3) is 2.89. The van der Waals surface area contributed by atoms with Crippen LogP contribution in [0.3, 0.4) is 0 Å². The van der Waals surface area contributed by atoms with Crippen LogP contribution in [0.25, 0.3) is 75.0 Å². The molecule has 0 atom stereocenters. The highest BCUT2D eigenvalue weighted by molar-refractivity contribution is 7.25. The summed E-state index contributed by atoms with van der Waals surface area (Å²) in [5.74, 6) is 0. The van der Waals surface area contributed by atoms with E-state index in [1.54, 1.807) is 0 Å². The molecule has 0 saturated carbocycles. The molecule has 1 nitrogen and oxygen atoms in total. The van der Waals surface area contributed by atoms with Gasteiger partial charge in [0.1, 0.15) is 0 Å². The molecule has 0 saturated heterocycles. The summed E-state index contributed by atoms with van der Waals surface area (Å²) in [6.45, 7) is 0. The number of nitrogens with one attached hydrogen (secondary N) is 1. The summed E-state index contributed by atoms with van der Waals surface area (Å²) in [5.41, 5.74) is 7.38. The van der Waals surface area contributed by atoms with E-state index in [1.807, 2.05) is 11.3 Å². The summed E-state index contributed by atoms with van der Waals surface area (Å²) in [7, 11) is 0. The number of hydrogen-bond acceptors (Lipinski definition) is 1. The largest absolute Gasteiger partial charge is 0.354 e. The maximum Gasteiger partial charge on any atom is 0.0544 e. The lowest BCUT2D eigenvalue weighted by Gasteiger charge is -2.09. The van der Waals surface area contributed by atoms with E-state index in [2.05, 4.69) is 126 Å². The van der Waals surface area contributed by atoms with Crippen molar-refractivity contribution in [1.82, 2.24) is 4.98 Å². The first-order chi connectivity index (χ1) is 17.8. The van der Waals surface area contributed by atoms with E-state index >= 15 is 0 Å². The van der Waals surface area contributed by atoms with Gasteiger partial charge in [0.25, 0.3) is 0 Å². The van der Waals surface area contributed by atoms with Crippen molar-refractivity contribution >= 4 is 64.1 Å². The van der Waals surface area contributed by atoms with Gasteiger partial charge in [-0.3, -0.25) is 0 Å². The number of para-hydroxylation sites is 1. The fraction of sp³-hybridized carbons (Fsp3) is 0. The Kier molecular flexibility index (Phi) is 4.16. The van der Waals surface area contributed by atoms with Gasteiger partial charge in [0.05, 0.1) is 5.52 Å². The molecular formula is C34H21NS. The third-order valence-corrected chi connectivity index (χ3v) is 8.52. The summed E-state index contributed by atoms with van der Waals surface area (Å²) >= 11 is 1.87. The quantitative estimate of drug-likeness (QED) is 0.256. The normalized spacial score (nSPS) is 11.9. The molecular weight excluding hydrogens is 454 g/mol. The molecule has 6 aromatic carbocycles. The Balaban J connectivity index is 1.35. The van der Waals surface area contributed by atoms with Crippen LogP contribution in [0, 0.1) is 0 Å². The molecule has 168 valence electrons. The van der Waals surface area contributed by atoms with Gasteiger partial charge in [-0.15, -0.1) is 11.3 Å². The fourth-order valence-electron chi connectivity index (χ4n) is 5.72. The molecule has 2 aromatic heterocycles. The van der Waals surface area contributed by atoms with Gasteiger partial charge in [-0.1, -0.05) is 91.0 Å². The minimum Gasteiger partial charge on any atom is -0.354 e. The van der Waals surface area contributed by atoms with Crippen molar-refractivity contribution in [3.8, 4) is 22.3 Å². The highest BCUT2D eigenvalue weighted by Gasteiger charge is 2.14. The number of aromatic amines is 1. The predicted octanol–water partition coefficient (Wildman–Crippen LogP) is 10.2. The number of benzene rings is 6. The Morgan fingerprint density at radius 2 is 1.14 bits per heavy atom. The number of fused-ring (bicyclic) bond motifs is 7. The summed E-state index contributed by atoms with van der Waals surface area (Å²) in [6, 6.07) is 44.2. The number of thiophene rings is 1. The molecule has 1 N–H and O–H groups in total. The summed E-state index contributed by atoms with van der Waals surface area (Å²) < 4.78 is 2.68. The van der Waals surface area contributed by atoms with Crippen molar-refractivity contribution in [2.45, 2.75) is 0 Å². The Morgan fingerprint density at radius 3 is 2.06 bits per heavy atom. The molecule has 2 heteroatoms. The fourth-order valence-corrected chi connectivity index (χ4v) is 6.85. The van der Waals surface area contributed by atoms with Crippen LogP contribution in [0.2, 0.25) is 0 Å². The lowest BCUT2D eigenvalue weighted by Crippen LogP contribution is -1.84. The van der Waals surface area contributed by atoms with Crippen LogP contribution in [0.4, 0.5) is 0 Å². The smallest absolute Gasteiger partial charge is 0.0544 e. The monoisotopic (exact) mass is 475 g/mol. The van der Waals surface area contributed by atoms with Gasteiger partial charge in [-0.05, 0) is 57.8 Å². The molecule has 36 heavy (non-hydrogen) atoms. The second-order valence-corrected chi connectivity index (χ2v) is 10.5. The van der Waals surface area contributed by atoms with Crippen LogP contribution >= 0.6 is 11.3 Å². The first-order valence-electron chi connectivity index (χ1n) is 12.3. The van der Waals surface area contributed by atoms with Crippen LogP contribution in [0.1, 0.15) is 0 Å². The molecule has 2 heterocycles. The topological polar surface area (TPSA) is 15.8 Å². The van der Waals surface area contributed by atoms with Gasteiger partial charge in [0.2, 0.25) is 0 Å². The summed E-state index contributed by atoms with van der Waals surface area (Å²) in [4.78, 5) is 3.75. The zero-order valence-corrected chi connectivity index (χ0v) is 20.3. The van der Waals surface area contributed by atoms with E-state index in [0.717, 1.165) is 0 Å². The van der Waals surface area contributed by atoms with Crippen LogP contribution < -0.4 is 0 Å². The van der Waals surface area contributed by atoms with E-state index in [0.29, 0.717) is 0 Å². The molecule has 8 rings (SSSR count). The minimum atomic E-state index is 1.18. The van der Waals surface area contributed by atoms with Gasteiger partial charge < -0.3 is 4.98 Å². The molecule has 0 fully saturated rings. The Hall–Kier alpha value is -4.40. The van der Waals surface area contributed by atoms with E-state index in [-0.39, 0.29) is 0 Å². The molecule has 0 spiro atoms. The second-order valence-electron chi connectivity index (χ2n) is 9.46. The molecule has 0 bridgehead atoms. The third-order valence-electron chi connectivity index (χ3n) is 7.39. The molecule has 0 aliphatic carbocycles. The lowest BCUT2D eigenvalue weighted by atomic mass is 9.95. The maximum atomic E-state index is 3.75. The first-order valence-corrected chi connectivity index (χ1v) is 13.1. The van der Waals surface area contributed by atoms with Gasteiger partial charge in [0, 0.05) is 42.0 Å². The van der Waals surface area contributed by atoms with Crippen LogP contribution in [0.15, 0.2) is 121 Å². The van der Waals surface area contributed by atoms with Crippen molar-refractivity contribution in [1.29, 1.82) is 0 Å². The number of aromatic nitrogens is 1. The van der Waals surface area contributed by atoms with Crippen LogP contribution in [-0.4, -0.2) is 4.98 Å². The highest BCUT2D eigenvalue weighted by atomic mass is 32.1. The molecule has 0 amide bonds. The van der Waals surface area contributed by atoms with Gasteiger partial charge in [-0.2, -0.15) is 0 Å². The zero-order valence-electron chi connectivity index (χ0n) is 19.5. The average Bonchev–Trinajstić information content (AvgIpc) is 3.49. The molecule has 0 aliphatic rings. The lowest BCUT2D eigenvalue weighted by molar-refractivity contribution is 1.54. The number of H-pyrrole nitrogens is 1. The minimum absolute atomic E-state index is 1.18. The van der Waals surface area contributed by atoms with Crippen LogP contribution in [0.5, 0.6) is 0 Å². The summed E-state index contributed by atoms with van der Waals surface area (Å²) in [5, 5.41) is 7.76. The average molecular weight is 476 g/mol. The standard InChI is InChI=1S/C34H21NS/c1-2-9-22-20-30-29(19-21(22)8-1)27-15-6-14-26(34(27)35-30)24-11-5-10-23(18-24)25-13-7-17-32-33(25)28-12-3-4-16-31(28)36-32/h1-20,35H. The van der Waals surface area contributed by atoms with Crippen molar-refractivity contribution in [2.24, 2.45) is 0 Å². The zero-order chi connectivity index (χ0) is 23.6. The Labute approximate surface area is 212 Å². The first kappa shape index (κ1) is 19.9. The van der Waals surface area contributed by atoms with Gasteiger partial charge in [0.15, 0.2) is 0 Å². The predicted molar refractivity (Wildman–Crippen MR) is 157 cm³/mol. The van der Waals surface area contributed by atoms with Gasteiger partial charge >= 0.3 is 0 Å². The van der Waals surface area contributed by atoms with Crippen molar-refractivity contribution < 1.29 is 0 Å². The Morgan fingerprint density at radius 1 is 0.472 bits per heavy atom. The van der Waals surface area contributed by atoms with Crippen LogP contribution in [-0.2, 0) is 0 Å². The van der Waals surface area contributed by atoms with Crippen molar-refractivity contribution in [3.05, 3.63) is 121 Å². The molecule has 0 radical (unpaired) electrons. The van der Waals surface area contributed by atoms with E-state index < -0.39 is 0 Å². The number of rotatable bonds is 2. The number of hydrogen-bond donors (Lipinski definition) is 1. The van der Waals surface area contributed by atoms with Gasteiger partial charge in [-0.25, -0.2) is 0 Å².